The summed E-state index contributed by atoms with van der Waals surface area (Å²) in [5.74, 6) is 0.296. The lowest BCUT2D eigenvalue weighted by atomic mass is 10.1. The topological polar surface area (TPSA) is 32.3 Å². The SMILES string of the molecule is CN1C[C@@H]2CC[C@H](CC1=O)N2. The molecular formula is C8H14N2O. The van der Waals surface area contributed by atoms with Crippen LogP contribution in [0.2, 0.25) is 0 Å². The van der Waals surface area contributed by atoms with Gasteiger partial charge in [0.2, 0.25) is 5.91 Å². The molecule has 0 spiro atoms. The molecule has 2 heterocycles. The van der Waals surface area contributed by atoms with Crippen LogP contribution >= 0.6 is 0 Å². The number of hydrogen-bond acceptors (Lipinski definition) is 2. The highest BCUT2D eigenvalue weighted by Gasteiger charge is 2.31. The summed E-state index contributed by atoms with van der Waals surface area (Å²) in [5, 5.41) is 3.45. The fraction of sp³-hybridized carbons (Fsp3) is 0.875. The Balaban J connectivity index is 2.10. The molecule has 0 aromatic carbocycles. The summed E-state index contributed by atoms with van der Waals surface area (Å²) >= 11 is 0. The summed E-state index contributed by atoms with van der Waals surface area (Å²) in [6, 6.07) is 1.04. The maximum atomic E-state index is 11.3. The Labute approximate surface area is 66.8 Å². The lowest BCUT2D eigenvalue weighted by molar-refractivity contribution is -0.129. The molecule has 2 bridgehead atoms. The molecule has 2 atom stereocenters. The number of nitrogens with zero attached hydrogens (tertiary/aromatic N) is 1. The standard InChI is InChI=1S/C8H14N2O/c1-10-5-7-3-2-6(9-7)4-8(10)11/h6-7,9H,2-5H2,1H3/t6-,7+/m1/s1. The largest absolute Gasteiger partial charge is 0.344 e. The molecule has 0 aliphatic carbocycles. The van der Waals surface area contributed by atoms with Crippen LogP contribution in [0.4, 0.5) is 0 Å². The van der Waals surface area contributed by atoms with E-state index < -0.39 is 0 Å². The average Bonchev–Trinajstić information content (AvgIpc) is 2.30. The first-order valence-electron chi connectivity index (χ1n) is 4.26. The van der Waals surface area contributed by atoms with Crippen LogP contribution in [0, 0.1) is 0 Å². The number of likely N-dealkylation sites (tertiary alicyclic amines) is 1. The quantitative estimate of drug-likeness (QED) is 0.531. The van der Waals surface area contributed by atoms with Crippen LogP contribution in [0.5, 0.6) is 0 Å². The molecule has 11 heavy (non-hydrogen) atoms. The Bertz CT molecular complexity index is 181. The van der Waals surface area contributed by atoms with Gasteiger partial charge in [0.05, 0.1) is 0 Å². The van der Waals surface area contributed by atoms with Gasteiger partial charge in [-0.3, -0.25) is 4.79 Å². The van der Waals surface area contributed by atoms with Crippen LogP contribution in [0.3, 0.4) is 0 Å². The van der Waals surface area contributed by atoms with E-state index in [-0.39, 0.29) is 0 Å². The molecule has 0 aromatic heterocycles. The van der Waals surface area contributed by atoms with Gasteiger partial charge in [0.25, 0.3) is 0 Å². The van der Waals surface area contributed by atoms with E-state index in [0.717, 1.165) is 6.54 Å². The maximum Gasteiger partial charge on any atom is 0.223 e. The Kier molecular flexibility index (Phi) is 1.60. The molecule has 2 aliphatic heterocycles. The van der Waals surface area contributed by atoms with Crippen molar-refractivity contribution in [1.82, 2.24) is 10.2 Å². The van der Waals surface area contributed by atoms with Crippen LogP contribution in [0.15, 0.2) is 0 Å². The maximum absolute atomic E-state index is 11.3. The third kappa shape index (κ3) is 1.25. The van der Waals surface area contributed by atoms with E-state index in [4.69, 9.17) is 0 Å². The number of hydrogen-bond donors (Lipinski definition) is 1. The van der Waals surface area contributed by atoms with E-state index in [0.29, 0.717) is 24.4 Å². The van der Waals surface area contributed by atoms with Gasteiger partial charge < -0.3 is 10.2 Å². The Morgan fingerprint density at radius 3 is 3.00 bits per heavy atom. The van der Waals surface area contributed by atoms with Crippen molar-refractivity contribution in [1.29, 1.82) is 0 Å². The molecule has 0 radical (unpaired) electrons. The first-order valence-corrected chi connectivity index (χ1v) is 4.26. The van der Waals surface area contributed by atoms with Crippen molar-refractivity contribution in [2.24, 2.45) is 0 Å². The number of fused-ring (bicyclic) bond motifs is 2. The van der Waals surface area contributed by atoms with Gasteiger partial charge in [0.15, 0.2) is 0 Å². The van der Waals surface area contributed by atoms with E-state index in [1.54, 1.807) is 0 Å². The highest BCUT2D eigenvalue weighted by molar-refractivity contribution is 5.77. The third-order valence-corrected chi connectivity index (χ3v) is 2.68. The Morgan fingerprint density at radius 1 is 1.45 bits per heavy atom. The molecule has 2 saturated heterocycles. The van der Waals surface area contributed by atoms with Crippen LogP contribution in [0.1, 0.15) is 19.3 Å². The van der Waals surface area contributed by atoms with E-state index in [9.17, 15) is 4.79 Å². The van der Waals surface area contributed by atoms with Gasteiger partial charge in [-0.25, -0.2) is 0 Å². The molecule has 0 aromatic rings. The van der Waals surface area contributed by atoms with Gasteiger partial charge in [0, 0.05) is 32.1 Å². The summed E-state index contributed by atoms with van der Waals surface area (Å²) in [7, 11) is 1.89. The highest BCUT2D eigenvalue weighted by atomic mass is 16.2. The summed E-state index contributed by atoms with van der Waals surface area (Å²) in [4.78, 5) is 13.1. The van der Waals surface area contributed by atoms with Gasteiger partial charge in [-0.1, -0.05) is 0 Å². The Morgan fingerprint density at radius 2 is 2.18 bits per heavy atom. The van der Waals surface area contributed by atoms with E-state index in [1.807, 2.05) is 11.9 Å². The van der Waals surface area contributed by atoms with Crippen molar-refractivity contribution in [3.63, 3.8) is 0 Å². The third-order valence-electron chi connectivity index (χ3n) is 2.68. The number of nitrogens with one attached hydrogen (secondary N) is 1. The molecule has 0 saturated carbocycles. The van der Waals surface area contributed by atoms with Gasteiger partial charge >= 0.3 is 0 Å². The minimum absolute atomic E-state index is 0.296. The van der Waals surface area contributed by atoms with Crippen molar-refractivity contribution in [3.05, 3.63) is 0 Å². The van der Waals surface area contributed by atoms with Crippen LogP contribution in [-0.4, -0.2) is 36.5 Å². The normalized spacial score (nSPS) is 37.5. The number of carbonyl (C=O) groups is 1. The zero-order valence-corrected chi connectivity index (χ0v) is 6.84. The molecular weight excluding hydrogens is 140 g/mol. The summed E-state index contributed by atoms with van der Waals surface area (Å²) in [6.07, 6.45) is 3.12. The molecule has 0 unspecified atom stereocenters. The van der Waals surface area contributed by atoms with Crippen LogP contribution in [0.25, 0.3) is 0 Å². The molecule has 3 nitrogen and oxygen atoms in total. The predicted molar refractivity (Wildman–Crippen MR) is 42.2 cm³/mol. The molecule has 3 heteroatoms. The van der Waals surface area contributed by atoms with Gasteiger partial charge in [-0.2, -0.15) is 0 Å². The molecule has 2 rings (SSSR count). The van der Waals surface area contributed by atoms with Crippen molar-refractivity contribution in [3.8, 4) is 0 Å². The van der Waals surface area contributed by atoms with Gasteiger partial charge in [-0.05, 0) is 12.8 Å². The second-order valence-corrected chi connectivity index (χ2v) is 3.62. The van der Waals surface area contributed by atoms with E-state index >= 15 is 0 Å². The zero-order chi connectivity index (χ0) is 7.84. The molecule has 2 aliphatic rings. The molecule has 62 valence electrons. The number of carbonyl (C=O) groups excluding carboxylic acids is 1. The second kappa shape index (κ2) is 2.48. The number of likely N-dealkylation sites (N-methyl/N-ethyl adjacent to an activating group) is 1. The van der Waals surface area contributed by atoms with Gasteiger partial charge in [-0.15, -0.1) is 0 Å². The first kappa shape index (κ1) is 7.10. The van der Waals surface area contributed by atoms with Crippen molar-refractivity contribution in [2.45, 2.75) is 31.3 Å². The molecule has 2 fully saturated rings. The number of amides is 1. The van der Waals surface area contributed by atoms with E-state index in [1.165, 1.54) is 12.8 Å². The fourth-order valence-corrected chi connectivity index (χ4v) is 2.01. The summed E-state index contributed by atoms with van der Waals surface area (Å²) in [5.41, 5.74) is 0. The van der Waals surface area contributed by atoms with E-state index in [2.05, 4.69) is 5.32 Å². The first-order chi connectivity index (χ1) is 5.25. The zero-order valence-electron chi connectivity index (χ0n) is 6.84. The lowest BCUT2D eigenvalue weighted by Gasteiger charge is -2.18. The summed E-state index contributed by atoms with van der Waals surface area (Å²) < 4.78 is 0. The predicted octanol–water partition coefficient (Wildman–Crippen LogP) is -0.0309. The van der Waals surface area contributed by atoms with Crippen LogP contribution < -0.4 is 5.32 Å². The fourth-order valence-electron chi connectivity index (χ4n) is 2.01. The average molecular weight is 154 g/mol. The summed E-state index contributed by atoms with van der Waals surface area (Å²) in [6.45, 7) is 0.898. The molecule has 1 N–H and O–H groups in total. The smallest absolute Gasteiger partial charge is 0.223 e. The minimum atomic E-state index is 0.296. The van der Waals surface area contributed by atoms with Crippen molar-refractivity contribution >= 4 is 5.91 Å². The van der Waals surface area contributed by atoms with Crippen LogP contribution in [-0.2, 0) is 4.79 Å². The minimum Gasteiger partial charge on any atom is -0.344 e. The molecule has 1 amide bonds. The highest BCUT2D eigenvalue weighted by Crippen LogP contribution is 2.19. The van der Waals surface area contributed by atoms with Gasteiger partial charge in [0.1, 0.15) is 0 Å². The monoisotopic (exact) mass is 154 g/mol. The number of rotatable bonds is 0. The Hall–Kier alpha value is -0.570. The van der Waals surface area contributed by atoms with Crippen molar-refractivity contribution in [2.75, 3.05) is 13.6 Å². The second-order valence-electron chi connectivity index (χ2n) is 3.62. The van der Waals surface area contributed by atoms with Crippen molar-refractivity contribution < 1.29 is 4.79 Å². The lowest BCUT2D eigenvalue weighted by Crippen LogP contribution is -2.34.